The highest BCUT2D eigenvalue weighted by atomic mass is 16.1. The van der Waals surface area contributed by atoms with E-state index in [1.807, 2.05) is 37.3 Å². The minimum Gasteiger partial charge on any atom is -0.364 e. The van der Waals surface area contributed by atoms with E-state index in [-0.39, 0.29) is 6.04 Å². The van der Waals surface area contributed by atoms with E-state index < -0.39 is 5.91 Å². The second kappa shape index (κ2) is 4.18. The van der Waals surface area contributed by atoms with Crippen LogP contribution in [0.25, 0.3) is 0 Å². The summed E-state index contributed by atoms with van der Waals surface area (Å²) in [7, 11) is 0. The van der Waals surface area contributed by atoms with Crippen molar-refractivity contribution in [3.63, 3.8) is 0 Å². The Hall–Kier alpha value is -2.10. The van der Waals surface area contributed by atoms with E-state index in [0.29, 0.717) is 5.69 Å². The normalized spacial score (nSPS) is 12.3. The van der Waals surface area contributed by atoms with Crippen molar-refractivity contribution >= 4 is 5.91 Å². The Morgan fingerprint density at radius 1 is 1.31 bits per heavy atom. The molecule has 0 saturated heterocycles. The summed E-state index contributed by atoms with van der Waals surface area (Å²) in [6.07, 6.45) is 1.58. The van der Waals surface area contributed by atoms with Crippen molar-refractivity contribution in [2.75, 3.05) is 0 Å². The maximum Gasteiger partial charge on any atom is 0.267 e. The number of benzene rings is 1. The number of nitrogens with zero attached hydrogens (tertiary/aromatic N) is 2. The van der Waals surface area contributed by atoms with Gasteiger partial charge in [-0.15, -0.1) is 0 Å². The van der Waals surface area contributed by atoms with Crippen LogP contribution < -0.4 is 5.73 Å². The molecule has 1 amide bonds. The van der Waals surface area contributed by atoms with Crippen LogP contribution in [0.15, 0.2) is 42.6 Å². The van der Waals surface area contributed by atoms with Gasteiger partial charge in [0.05, 0.1) is 6.04 Å². The van der Waals surface area contributed by atoms with E-state index in [4.69, 9.17) is 5.73 Å². The summed E-state index contributed by atoms with van der Waals surface area (Å²) in [4.78, 5) is 11.2. The highest BCUT2D eigenvalue weighted by molar-refractivity contribution is 5.91. The van der Waals surface area contributed by atoms with Crippen molar-refractivity contribution in [2.24, 2.45) is 5.73 Å². The fourth-order valence-corrected chi connectivity index (χ4v) is 1.69. The fraction of sp³-hybridized carbons (Fsp3) is 0.167. The molecule has 4 heteroatoms. The summed E-state index contributed by atoms with van der Waals surface area (Å²) in [5.41, 5.74) is 6.79. The molecule has 1 atom stereocenters. The molecule has 2 rings (SSSR count). The maximum atomic E-state index is 11.2. The van der Waals surface area contributed by atoms with Gasteiger partial charge < -0.3 is 5.73 Å². The molecule has 2 aromatic rings. The van der Waals surface area contributed by atoms with Crippen LogP contribution >= 0.6 is 0 Å². The summed E-state index contributed by atoms with van der Waals surface area (Å²) in [6, 6.07) is 11.5. The minimum absolute atomic E-state index is 0.00120. The number of hydrogen-bond acceptors (Lipinski definition) is 2. The fourth-order valence-electron chi connectivity index (χ4n) is 1.69. The molecule has 0 unspecified atom stereocenters. The maximum absolute atomic E-state index is 11.2. The smallest absolute Gasteiger partial charge is 0.267 e. The molecule has 1 aromatic heterocycles. The van der Waals surface area contributed by atoms with Crippen LogP contribution in [-0.2, 0) is 0 Å². The van der Waals surface area contributed by atoms with Gasteiger partial charge in [-0.3, -0.25) is 9.48 Å². The van der Waals surface area contributed by atoms with E-state index in [9.17, 15) is 4.79 Å². The van der Waals surface area contributed by atoms with Crippen LogP contribution in [0.3, 0.4) is 0 Å². The number of amides is 1. The third-order valence-corrected chi connectivity index (χ3v) is 2.57. The van der Waals surface area contributed by atoms with Gasteiger partial charge >= 0.3 is 0 Å². The summed E-state index contributed by atoms with van der Waals surface area (Å²) in [5.74, 6) is -0.458. The van der Waals surface area contributed by atoms with E-state index in [1.165, 1.54) is 0 Å². The van der Waals surface area contributed by atoms with Crippen molar-refractivity contribution in [2.45, 2.75) is 13.0 Å². The Balaban J connectivity index is 2.38. The highest BCUT2D eigenvalue weighted by Gasteiger charge is 2.14. The molecule has 0 bridgehead atoms. The SMILES string of the molecule is C[C@@H](c1ccccc1)n1nccc1C(N)=O. The van der Waals surface area contributed by atoms with Crippen LogP contribution in [0.4, 0.5) is 0 Å². The lowest BCUT2D eigenvalue weighted by molar-refractivity contribution is 0.0989. The van der Waals surface area contributed by atoms with Crippen LogP contribution in [0.1, 0.15) is 29.0 Å². The first kappa shape index (κ1) is 10.4. The third-order valence-electron chi connectivity index (χ3n) is 2.57. The van der Waals surface area contributed by atoms with Gasteiger partial charge in [0.1, 0.15) is 5.69 Å². The van der Waals surface area contributed by atoms with Gasteiger partial charge in [0, 0.05) is 6.20 Å². The first-order valence-corrected chi connectivity index (χ1v) is 5.08. The number of carbonyl (C=O) groups excluding carboxylic acids is 1. The molecule has 0 fully saturated rings. The molecular weight excluding hydrogens is 202 g/mol. The van der Waals surface area contributed by atoms with E-state index in [0.717, 1.165) is 5.56 Å². The van der Waals surface area contributed by atoms with Crippen molar-refractivity contribution < 1.29 is 4.79 Å². The lowest BCUT2D eigenvalue weighted by Gasteiger charge is -2.14. The predicted molar refractivity (Wildman–Crippen MR) is 61.0 cm³/mol. The highest BCUT2D eigenvalue weighted by Crippen LogP contribution is 2.18. The number of carbonyl (C=O) groups is 1. The van der Waals surface area contributed by atoms with Crippen molar-refractivity contribution in [1.82, 2.24) is 9.78 Å². The Labute approximate surface area is 93.7 Å². The third kappa shape index (κ3) is 1.82. The molecule has 1 aromatic carbocycles. The van der Waals surface area contributed by atoms with Gasteiger partial charge in [0.2, 0.25) is 0 Å². The number of rotatable bonds is 3. The number of primary amides is 1. The van der Waals surface area contributed by atoms with Gasteiger partial charge in [0.15, 0.2) is 0 Å². The molecule has 0 radical (unpaired) electrons. The number of nitrogens with two attached hydrogens (primary N) is 1. The summed E-state index contributed by atoms with van der Waals surface area (Å²) in [5, 5.41) is 4.13. The zero-order chi connectivity index (χ0) is 11.5. The van der Waals surface area contributed by atoms with Gasteiger partial charge in [-0.2, -0.15) is 5.10 Å². The van der Waals surface area contributed by atoms with E-state index >= 15 is 0 Å². The molecule has 2 N–H and O–H groups in total. The van der Waals surface area contributed by atoms with Gasteiger partial charge in [0.25, 0.3) is 5.91 Å². The van der Waals surface area contributed by atoms with Crippen LogP contribution in [0.5, 0.6) is 0 Å². The lowest BCUT2D eigenvalue weighted by atomic mass is 10.1. The van der Waals surface area contributed by atoms with Crippen LogP contribution in [-0.4, -0.2) is 15.7 Å². The zero-order valence-electron chi connectivity index (χ0n) is 9.00. The number of aromatic nitrogens is 2. The Morgan fingerprint density at radius 2 is 2.00 bits per heavy atom. The monoisotopic (exact) mass is 215 g/mol. The Kier molecular flexibility index (Phi) is 2.72. The summed E-state index contributed by atoms with van der Waals surface area (Å²) < 4.78 is 1.64. The molecule has 0 spiro atoms. The average molecular weight is 215 g/mol. The van der Waals surface area contributed by atoms with Crippen LogP contribution in [0.2, 0.25) is 0 Å². The minimum atomic E-state index is -0.458. The first-order valence-electron chi connectivity index (χ1n) is 5.08. The molecule has 4 nitrogen and oxygen atoms in total. The molecule has 0 saturated carbocycles. The predicted octanol–water partition coefficient (Wildman–Crippen LogP) is 1.59. The number of hydrogen-bond donors (Lipinski definition) is 1. The molecule has 1 heterocycles. The standard InChI is InChI=1S/C12H13N3O/c1-9(10-5-3-2-4-6-10)15-11(12(13)16)7-8-14-15/h2-9H,1H3,(H2,13,16)/t9-/m0/s1. The summed E-state index contributed by atoms with van der Waals surface area (Å²) in [6.45, 7) is 1.98. The second-order valence-electron chi connectivity index (χ2n) is 3.61. The Morgan fingerprint density at radius 3 is 2.62 bits per heavy atom. The molecule has 0 aliphatic carbocycles. The van der Waals surface area contributed by atoms with Crippen molar-refractivity contribution in [3.05, 3.63) is 53.9 Å². The molecule has 82 valence electrons. The molecule has 0 aliphatic rings. The average Bonchev–Trinajstić information content (AvgIpc) is 2.78. The largest absolute Gasteiger partial charge is 0.364 e. The van der Waals surface area contributed by atoms with Gasteiger partial charge in [-0.05, 0) is 18.6 Å². The molecule has 16 heavy (non-hydrogen) atoms. The zero-order valence-corrected chi connectivity index (χ0v) is 9.00. The van der Waals surface area contributed by atoms with E-state index in [2.05, 4.69) is 5.10 Å². The quantitative estimate of drug-likeness (QED) is 0.845. The topological polar surface area (TPSA) is 60.9 Å². The first-order chi connectivity index (χ1) is 7.70. The Bertz CT molecular complexity index is 490. The van der Waals surface area contributed by atoms with Gasteiger partial charge in [-0.25, -0.2) is 0 Å². The molecular formula is C12H13N3O. The van der Waals surface area contributed by atoms with Crippen molar-refractivity contribution in [1.29, 1.82) is 0 Å². The van der Waals surface area contributed by atoms with Crippen LogP contribution in [0, 0.1) is 0 Å². The van der Waals surface area contributed by atoms with E-state index in [1.54, 1.807) is 16.9 Å². The summed E-state index contributed by atoms with van der Waals surface area (Å²) >= 11 is 0. The second-order valence-corrected chi connectivity index (χ2v) is 3.61. The lowest BCUT2D eigenvalue weighted by Crippen LogP contribution is -2.20. The molecule has 0 aliphatic heterocycles. The van der Waals surface area contributed by atoms with Crippen molar-refractivity contribution in [3.8, 4) is 0 Å². The van der Waals surface area contributed by atoms with Gasteiger partial charge in [-0.1, -0.05) is 30.3 Å².